The number of Topliss-reactive ketones (excluding diaryl/α,β-unsaturated/α-hetero) is 1. The number of hydrogen-bond acceptors (Lipinski definition) is 2. The number of aliphatic carboxylic acids is 1. The lowest BCUT2D eigenvalue weighted by Gasteiger charge is -2.61. The summed E-state index contributed by atoms with van der Waals surface area (Å²) in [5.41, 5.74) is 0.906. The van der Waals surface area contributed by atoms with Crippen molar-refractivity contribution in [1.29, 1.82) is 0 Å². The van der Waals surface area contributed by atoms with E-state index in [1.54, 1.807) is 0 Å². The van der Waals surface area contributed by atoms with Gasteiger partial charge in [-0.2, -0.15) is 0 Å². The first kappa shape index (κ1) is 31.1. The normalized spacial score (nSPS) is 37.4. The summed E-state index contributed by atoms with van der Waals surface area (Å²) in [5.74, 6) is 2.75. The van der Waals surface area contributed by atoms with Gasteiger partial charge in [-0.1, -0.05) is 91.9 Å². The van der Waals surface area contributed by atoms with Crippen LogP contribution in [0.2, 0.25) is 0 Å². The van der Waals surface area contributed by atoms with Crippen molar-refractivity contribution in [3.05, 3.63) is 0 Å². The van der Waals surface area contributed by atoms with Crippen LogP contribution in [0, 0.1) is 52.3 Å². The molecule has 0 spiro atoms. The zero-order valence-corrected chi connectivity index (χ0v) is 26.2. The zero-order chi connectivity index (χ0) is 28.0. The van der Waals surface area contributed by atoms with E-state index in [1.165, 1.54) is 109 Å². The summed E-state index contributed by atoms with van der Waals surface area (Å²) in [5, 5.41) is 10.0. The van der Waals surface area contributed by atoms with Crippen LogP contribution in [-0.4, -0.2) is 16.9 Å². The van der Waals surface area contributed by atoms with E-state index in [0.29, 0.717) is 35.5 Å². The molecule has 0 aliphatic heterocycles. The molecule has 0 aromatic rings. The maximum absolute atomic E-state index is 13.1. The zero-order valence-electron chi connectivity index (χ0n) is 26.2. The number of fused-ring (bicyclic) bond motifs is 5. The number of ketones is 1. The maximum atomic E-state index is 13.1. The molecule has 0 aromatic carbocycles. The van der Waals surface area contributed by atoms with Crippen LogP contribution in [0.25, 0.3) is 0 Å². The van der Waals surface area contributed by atoms with Gasteiger partial charge in [0.1, 0.15) is 11.7 Å². The van der Waals surface area contributed by atoms with Crippen LogP contribution < -0.4 is 0 Å². The summed E-state index contributed by atoms with van der Waals surface area (Å²) in [4.78, 5) is 25.3. The second-order valence-electron chi connectivity index (χ2n) is 15.3. The van der Waals surface area contributed by atoms with Crippen LogP contribution in [0.5, 0.6) is 0 Å². The van der Waals surface area contributed by atoms with Crippen LogP contribution in [0.15, 0.2) is 0 Å². The van der Waals surface area contributed by atoms with E-state index in [0.717, 1.165) is 36.5 Å². The quantitative estimate of drug-likeness (QED) is 0.165. The number of carbonyl (C=O) groups is 2. The summed E-state index contributed by atoms with van der Waals surface area (Å²) < 4.78 is 0. The van der Waals surface area contributed by atoms with Gasteiger partial charge in [0.2, 0.25) is 0 Å². The van der Waals surface area contributed by atoms with E-state index in [4.69, 9.17) is 0 Å². The van der Waals surface area contributed by atoms with E-state index < -0.39 is 11.9 Å². The Morgan fingerprint density at radius 3 is 2.13 bits per heavy atom. The van der Waals surface area contributed by atoms with Crippen molar-refractivity contribution in [3.63, 3.8) is 0 Å². The molecule has 0 radical (unpaired) electrons. The first-order valence-corrected chi connectivity index (χ1v) is 17.5. The topological polar surface area (TPSA) is 54.4 Å². The highest BCUT2D eigenvalue weighted by molar-refractivity contribution is 5.98. The summed E-state index contributed by atoms with van der Waals surface area (Å²) >= 11 is 0. The van der Waals surface area contributed by atoms with Crippen molar-refractivity contribution in [2.45, 2.75) is 163 Å². The van der Waals surface area contributed by atoms with E-state index >= 15 is 0 Å². The van der Waals surface area contributed by atoms with Gasteiger partial charge in [0.25, 0.3) is 0 Å². The molecule has 3 heteroatoms. The SMILES string of the molecule is CCCCCCCCCCCC(=O)C(C[C@@H](C)[C@H]1CC[C@H]2[C@@H]3CCC4CCCC[C@]4(C)[C@H]3CC[C@]12C)C(=O)O. The van der Waals surface area contributed by atoms with Crippen molar-refractivity contribution in [2.75, 3.05) is 0 Å². The number of hydrogen-bond donors (Lipinski definition) is 1. The van der Waals surface area contributed by atoms with Crippen molar-refractivity contribution < 1.29 is 14.7 Å². The number of carbonyl (C=O) groups excluding carboxylic acids is 1. The van der Waals surface area contributed by atoms with E-state index in [2.05, 4.69) is 27.7 Å². The third kappa shape index (κ3) is 6.80. The lowest BCUT2D eigenvalue weighted by molar-refractivity contribution is -0.148. The summed E-state index contributed by atoms with van der Waals surface area (Å²) in [6.07, 6.45) is 25.9. The largest absolute Gasteiger partial charge is 0.481 e. The van der Waals surface area contributed by atoms with Gasteiger partial charge in [-0.25, -0.2) is 0 Å². The molecule has 39 heavy (non-hydrogen) atoms. The Bertz CT molecular complexity index is 805. The lowest BCUT2D eigenvalue weighted by atomic mass is 9.44. The van der Waals surface area contributed by atoms with Gasteiger partial charge in [0.05, 0.1) is 0 Å². The molecule has 4 aliphatic carbocycles. The van der Waals surface area contributed by atoms with Crippen molar-refractivity contribution in [3.8, 4) is 0 Å². The van der Waals surface area contributed by atoms with Gasteiger partial charge in [0.15, 0.2) is 0 Å². The van der Waals surface area contributed by atoms with Crippen LogP contribution >= 0.6 is 0 Å². The molecule has 0 amide bonds. The Hall–Kier alpha value is -0.860. The highest BCUT2D eigenvalue weighted by Gasteiger charge is 2.60. The molecule has 1 N–H and O–H groups in total. The Kier molecular flexibility index (Phi) is 11.1. The fraction of sp³-hybridized carbons (Fsp3) is 0.944. The molecular weight excluding hydrogens is 480 g/mol. The molecule has 4 aliphatic rings. The Morgan fingerprint density at radius 2 is 1.44 bits per heavy atom. The predicted octanol–water partition coefficient (Wildman–Crippen LogP) is 10.3. The van der Waals surface area contributed by atoms with Crippen molar-refractivity contribution in [2.24, 2.45) is 52.3 Å². The molecule has 0 heterocycles. The summed E-state index contributed by atoms with van der Waals surface area (Å²) in [7, 11) is 0. The van der Waals surface area contributed by atoms with E-state index in [-0.39, 0.29) is 5.78 Å². The monoisotopic (exact) mass is 542 g/mol. The molecule has 224 valence electrons. The fourth-order valence-corrected chi connectivity index (χ4v) is 11.0. The van der Waals surface area contributed by atoms with Crippen molar-refractivity contribution >= 4 is 11.8 Å². The van der Waals surface area contributed by atoms with Gasteiger partial charge in [-0.3, -0.25) is 9.59 Å². The van der Waals surface area contributed by atoms with Crippen molar-refractivity contribution in [1.82, 2.24) is 0 Å². The predicted molar refractivity (Wildman–Crippen MR) is 162 cm³/mol. The highest BCUT2D eigenvalue weighted by atomic mass is 16.4. The Balaban J connectivity index is 1.28. The Labute approximate surface area is 241 Å². The van der Waals surface area contributed by atoms with E-state index in [9.17, 15) is 14.7 Å². The number of carboxylic acids is 1. The minimum atomic E-state index is -0.880. The van der Waals surface area contributed by atoms with Crippen LogP contribution in [0.1, 0.15) is 163 Å². The first-order valence-electron chi connectivity index (χ1n) is 17.5. The number of unbranched alkanes of at least 4 members (excludes halogenated alkanes) is 8. The third-order valence-corrected chi connectivity index (χ3v) is 13.2. The molecule has 0 bridgehead atoms. The number of carboxylic acid groups (broad SMARTS) is 1. The van der Waals surface area contributed by atoms with Gasteiger partial charge >= 0.3 is 5.97 Å². The minimum Gasteiger partial charge on any atom is -0.481 e. The lowest BCUT2D eigenvalue weighted by Crippen LogP contribution is -2.53. The standard InChI is InChI=1S/C36H62O3/c1-5-6-7-8-9-10-11-12-13-17-33(37)29(34(38)39)25-26(2)30-20-21-31-28-19-18-27-16-14-15-23-35(27,3)32(28)22-24-36(30,31)4/h26-32H,5-25H2,1-4H3,(H,38,39)/t26-,27?,28+,29?,30-,31+,32+,35+,36-/m1/s1. The van der Waals surface area contributed by atoms with Crippen LogP contribution in [0.3, 0.4) is 0 Å². The van der Waals surface area contributed by atoms with Gasteiger partial charge in [-0.15, -0.1) is 0 Å². The molecule has 4 saturated carbocycles. The average Bonchev–Trinajstić information content (AvgIpc) is 3.27. The summed E-state index contributed by atoms with van der Waals surface area (Å²) in [6, 6.07) is 0. The van der Waals surface area contributed by atoms with Crippen LogP contribution in [0.4, 0.5) is 0 Å². The smallest absolute Gasteiger partial charge is 0.314 e. The van der Waals surface area contributed by atoms with E-state index in [1.807, 2.05) is 0 Å². The third-order valence-electron chi connectivity index (χ3n) is 13.2. The molecule has 0 aromatic heterocycles. The average molecular weight is 543 g/mol. The maximum Gasteiger partial charge on any atom is 0.314 e. The molecule has 3 nitrogen and oxygen atoms in total. The highest BCUT2D eigenvalue weighted by Crippen LogP contribution is 2.68. The van der Waals surface area contributed by atoms with Crippen LogP contribution in [-0.2, 0) is 9.59 Å². The first-order chi connectivity index (χ1) is 18.7. The molecule has 2 unspecified atom stereocenters. The fourth-order valence-electron chi connectivity index (χ4n) is 11.0. The minimum absolute atomic E-state index is 0.00995. The molecule has 4 rings (SSSR count). The molecule has 9 atom stereocenters. The second kappa shape index (κ2) is 13.9. The molecule has 0 saturated heterocycles. The van der Waals surface area contributed by atoms with Gasteiger partial charge in [0, 0.05) is 6.42 Å². The van der Waals surface area contributed by atoms with Gasteiger partial charge < -0.3 is 5.11 Å². The van der Waals surface area contributed by atoms with Gasteiger partial charge in [-0.05, 0) is 111 Å². The Morgan fingerprint density at radius 1 is 0.769 bits per heavy atom. The number of rotatable bonds is 15. The second-order valence-corrected chi connectivity index (χ2v) is 15.3. The molecule has 4 fully saturated rings. The molecular formula is C36H62O3. The summed E-state index contributed by atoms with van der Waals surface area (Å²) in [6.45, 7) is 9.75.